The van der Waals surface area contributed by atoms with Gasteiger partial charge in [0.25, 0.3) is 5.91 Å². The van der Waals surface area contributed by atoms with E-state index < -0.39 is 0 Å². The Morgan fingerprint density at radius 1 is 1.00 bits per heavy atom. The first kappa shape index (κ1) is 21.8. The number of piperazine rings is 1. The molecule has 166 valence electrons. The second kappa shape index (κ2) is 11.3. The van der Waals surface area contributed by atoms with Crippen molar-refractivity contribution in [1.29, 1.82) is 0 Å². The van der Waals surface area contributed by atoms with E-state index in [0.29, 0.717) is 18.7 Å². The van der Waals surface area contributed by atoms with Crippen LogP contribution in [-0.2, 0) is 11.3 Å². The van der Waals surface area contributed by atoms with E-state index >= 15 is 0 Å². The second-order valence-electron chi connectivity index (χ2n) is 8.33. The molecule has 2 aliphatic rings. The number of amides is 1. The Morgan fingerprint density at radius 2 is 1.74 bits per heavy atom. The molecule has 2 fully saturated rings. The van der Waals surface area contributed by atoms with Crippen LogP contribution in [0.15, 0.2) is 54.6 Å². The Labute approximate surface area is 185 Å². The molecule has 0 aromatic heterocycles. The predicted molar refractivity (Wildman–Crippen MR) is 121 cm³/mol. The van der Waals surface area contributed by atoms with Crippen molar-refractivity contribution in [2.45, 2.75) is 25.5 Å². The zero-order valence-corrected chi connectivity index (χ0v) is 18.2. The maximum atomic E-state index is 12.4. The first-order valence-electron chi connectivity index (χ1n) is 11.4. The molecule has 1 atom stereocenters. The van der Waals surface area contributed by atoms with Crippen molar-refractivity contribution in [3.63, 3.8) is 0 Å². The molecule has 1 N–H and O–H groups in total. The normalized spacial score (nSPS) is 19.9. The summed E-state index contributed by atoms with van der Waals surface area (Å²) in [7, 11) is 0. The molecule has 4 rings (SSSR count). The number of nitrogens with one attached hydrogen (secondary N) is 1. The number of benzene rings is 2. The highest BCUT2D eigenvalue weighted by molar-refractivity contribution is 5.94. The number of hydrogen-bond acceptors (Lipinski definition) is 5. The summed E-state index contributed by atoms with van der Waals surface area (Å²) in [5.74, 6) is 0.744. The average Bonchev–Trinajstić information content (AvgIpc) is 3.34. The van der Waals surface area contributed by atoms with E-state index in [9.17, 15) is 4.79 Å². The Bertz CT molecular complexity index is 799. The summed E-state index contributed by atoms with van der Waals surface area (Å²) in [5, 5.41) is 3.04. The summed E-state index contributed by atoms with van der Waals surface area (Å²) < 4.78 is 11.3. The Kier molecular flexibility index (Phi) is 7.93. The summed E-state index contributed by atoms with van der Waals surface area (Å²) in [5.41, 5.74) is 2.03. The molecule has 2 saturated heterocycles. The molecule has 1 unspecified atom stereocenters. The Hall–Kier alpha value is -2.41. The minimum Gasteiger partial charge on any atom is -0.491 e. The molecule has 2 aromatic rings. The van der Waals surface area contributed by atoms with Crippen LogP contribution in [0, 0.1) is 0 Å². The number of carbonyl (C=O) groups excluding carboxylic acids is 1. The molecular formula is C25H33N3O3. The first-order chi connectivity index (χ1) is 15.3. The molecular weight excluding hydrogens is 390 g/mol. The van der Waals surface area contributed by atoms with Crippen LogP contribution in [0.1, 0.15) is 28.8 Å². The third-order valence-electron chi connectivity index (χ3n) is 6.00. The number of carbonyl (C=O) groups is 1. The van der Waals surface area contributed by atoms with Gasteiger partial charge in [-0.3, -0.25) is 14.6 Å². The number of ether oxygens (including phenoxy) is 2. The second-order valence-corrected chi connectivity index (χ2v) is 8.33. The van der Waals surface area contributed by atoms with Crippen molar-refractivity contribution in [2.24, 2.45) is 0 Å². The zero-order valence-electron chi connectivity index (χ0n) is 18.2. The minimum atomic E-state index is -0.0339. The Morgan fingerprint density at radius 3 is 2.45 bits per heavy atom. The molecule has 2 aliphatic heterocycles. The molecule has 2 heterocycles. The summed E-state index contributed by atoms with van der Waals surface area (Å²) >= 11 is 0. The minimum absolute atomic E-state index is 0.0339. The molecule has 31 heavy (non-hydrogen) atoms. The van der Waals surface area contributed by atoms with Crippen molar-refractivity contribution < 1.29 is 14.3 Å². The van der Waals surface area contributed by atoms with E-state index in [4.69, 9.17) is 9.47 Å². The summed E-state index contributed by atoms with van der Waals surface area (Å²) in [6.45, 7) is 8.17. The van der Waals surface area contributed by atoms with Gasteiger partial charge in [0.1, 0.15) is 12.4 Å². The lowest BCUT2D eigenvalue weighted by Gasteiger charge is -2.34. The van der Waals surface area contributed by atoms with Crippen LogP contribution in [0.5, 0.6) is 5.75 Å². The van der Waals surface area contributed by atoms with Gasteiger partial charge in [0, 0.05) is 58.0 Å². The van der Waals surface area contributed by atoms with E-state index in [1.54, 1.807) is 0 Å². The van der Waals surface area contributed by atoms with Gasteiger partial charge in [0.2, 0.25) is 0 Å². The third kappa shape index (κ3) is 6.79. The van der Waals surface area contributed by atoms with Crippen molar-refractivity contribution >= 4 is 5.91 Å². The number of hydrogen-bond donors (Lipinski definition) is 1. The number of nitrogens with zero attached hydrogens (tertiary/aromatic N) is 2. The third-order valence-corrected chi connectivity index (χ3v) is 6.00. The summed E-state index contributed by atoms with van der Waals surface area (Å²) in [6, 6.07) is 18.0. The van der Waals surface area contributed by atoms with Crippen LogP contribution in [0.4, 0.5) is 0 Å². The van der Waals surface area contributed by atoms with Crippen LogP contribution in [0.3, 0.4) is 0 Å². The summed E-state index contributed by atoms with van der Waals surface area (Å²) in [4.78, 5) is 17.3. The lowest BCUT2D eigenvalue weighted by molar-refractivity contribution is 0.0679. The molecule has 6 heteroatoms. The van der Waals surface area contributed by atoms with E-state index in [-0.39, 0.29) is 12.0 Å². The lowest BCUT2D eigenvalue weighted by Crippen LogP contribution is -2.48. The predicted octanol–water partition coefficient (Wildman–Crippen LogP) is 2.79. The van der Waals surface area contributed by atoms with Gasteiger partial charge in [-0.1, -0.05) is 30.3 Å². The van der Waals surface area contributed by atoms with Crippen LogP contribution >= 0.6 is 0 Å². The fourth-order valence-electron chi connectivity index (χ4n) is 4.11. The fraction of sp³-hybridized carbons (Fsp3) is 0.480. The van der Waals surface area contributed by atoms with Gasteiger partial charge < -0.3 is 14.8 Å². The van der Waals surface area contributed by atoms with Crippen LogP contribution in [-0.4, -0.2) is 74.3 Å². The standard InChI is InChI=1S/C25H33N3O3/c29-25(22-8-10-23(11-9-22)31-20-24-7-4-18-30-24)26-12-13-27-14-16-28(17-15-27)19-21-5-2-1-3-6-21/h1-3,5-6,8-11,24H,4,7,12-20H2,(H,26,29). The van der Waals surface area contributed by atoms with Gasteiger partial charge in [0.15, 0.2) is 0 Å². The summed E-state index contributed by atoms with van der Waals surface area (Å²) in [6.07, 6.45) is 2.36. The molecule has 0 spiro atoms. The quantitative estimate of drug-likeness (QED) is 0.672. The highest BCUT2D eigenvalue weighted by Crippen LogP contribution is 2.16. The monoisotopic (exact) mass is 423 g/mol. The van der Waals surface area contributed by atoms with Gasteiger partial charge in [0.05, 0.1) is 6.10 Å². The highest BCUT2D eigenvalue weighted by Gasteiger charge is 2.17. The van der Waals surface area contributed by atoms with Gasteiger partial charge in [-0.15, -0.1) is 0 Å². The maximum Gasteiger partial charge on any atom is 0.251 e. The zero-order chi connectivity index (χ0) is 21.3. The maximum absolute atomic E-state index is 12.4. The molecule has 1 amide bonds. The SMILES string of the molecule is O=C(NCCN1CCN(Cc2ccccc2)CC1)c1ccc(OCC2CCCO2)cc1. The van der Waals surface area contributed by atoms with Gasteiger partial charge in [-0.2, -0.15) is 0 Å². The molecule has 0 radical (unpaired) electrons. The first-order valence-corrected chi connectivity index (χ1v) is 11.4. The molecule has 0 bridgehead atoms. The van der Waals surface area contributed by atoms with Crippen LogP contribution in [0.2, 0.25) is 0 Å². The van der Waals surface area contributed by atoms with E-state index in [1.165, 1.54) is 5.56 Å². The van der Waals surface area contributed by atoms with E-state index in [2.05, 4.69) is 45.4 Å². The molecule has 2 aromatic carbocycles. The van der Waals surface area contributed by atoms with Crippen LogP contribution in [0.25, 0.3) is 0 Å². The van der Waals surface area contributed by atoms with Gasteiger partial charge in [-0.25, -0.2) is 0 Å². The van der Waals surface area contributed by atoms with Crippen LogP contribution < -0.4 is 10.1 Å². The van der Waals surface area contributed by atoms with E-state index in [0.717, 1.165) is 64.5 Å². The topological polar surface area (TPSA) is 54.0 Å². The van der Waals surface area contributed by atoms with Crippen molar-refractivity contribution in [2.75, 3.05) is 52.5 Å². The molecule has 6 nitrogen and oxygen atoms in total. The highest BCUT2D eigenvalue weighted by atomic mass is 16.5. The molecule has 0 aliphatic carbocycles. The lowest BCUT2D eigenvalue weighted by atomic mass is 10.2. The Balaban J connectivity index is 1.12. The van der Waals surface area contributed by atoms with Gasteiger partial charge >= 0.3 is 0 Å². The van der Waals surface area contributed by atoms with Crippen molar-refractivity contribution in [1.82, 2.24) is 15.1 Å². The molecule has 0 saturated carbocycles. The van der Waals surface area contributed by atoms with E-state index in [1.807, 2.05) is 24.3 Å². The number of rotatable bonds is 9. The van der Waals surface area contributed by atoms with Crippen molar-refractivity contribution in [3.05, 3.63) is 65.7 Å². The smallest absolute Gasteiger partial charge is 0.251 e. The largest absolute Gasteiger partial charge is 0.491 e. The van der Waals surface area contributed by atoms with Gasteiger partial charge in [-0.05, 0) is 42.7 Å². The average molecular weight is 424 g/mol. The van der Waals surface area contributed by atoms with Crippen molar-refractivity contribution in [3.8, 4) is 5.75 Å². The fourth-order valence-corrected chi connectivity index (χ4v) is 4.11.